The number of benzene rings is 1. The standard InChI is InChI=1S/C12H11N3O3S/c1-8(15-17)10-7-19-11(13-10)14-12(16)18-9-5-3-2-4-6-9/h2-7,17H,1H3,(H,13,14,16). The molecule has 0 atom stereocenters. The fraction of sp³-hybridized carbons (Fsp3) is 0.0833. The van der Waals surface area contributed by atoms with E-state index in [1.54, 1.807) is 36.6 Å². The molecule has 2 N–H and O–H groups in total. The van der Waals surface area contributed by atoms with Gasteiger partial charge in [0, 0.05) is 5.38 Å². The van der Waals surface area contributed by atoms with Crippen LogP contribution in [0.2, 0.25) is 0 Å². The number of carbonyl (C=O) groups is 1. The van der Waals surface area contributed by atoms with Crippen molar-refractivity contribution in [1.29, 1.82) is 0 Å². The lowest BCUT2D eigenvalue weighted by molar-refractivity contribution is 0.215. The quantitative estimate of drug-likeness (QED) is 0.513. The summed E-state index contributed by atoms with van der Waals surface area (Å²) in [7, 11) is 0. The molecule has 0 saturated carbocycles. The number of nitrogens with zero attached hydrogens (tertiary/aromatic N) is 2. The zero-order chi connectivity index (χ0) is 13.7. The molecule has 1 amide bonds. The average molecular weight is 277 g/mol. The highest BCUT2D eigenvalue weighted by molar-refractivity contribution is 7.14. The zero-order valence-corrected chi connectivity index (χ0v) is 10.8. The molecule has 0 aliphatic heterocycles. The Morgan fingerprint density at radius 2 is 2.16 bits per heavy atom. The van der Waals surface area contributed by atoms with Gasteiger partial charge in [-0.25, -0.2) is 9.78 Å². The van der Waals surface area contributed by atoms with Crippen molar-refractivity contribution in [2.24, 2.45) is 5.16 Å². The van der Waals surface area contributed by atoms with Crippen molar-refractivity contribution in [1.82, 2.24) is 4.98 Å². The first-order chi connectivity index (χ1) is 9.19. The second-order valence-corrected chi connectivity index (χ2v) is 4.41. The van der Waals surface area contributed by atoms with Crippen molar-refractivity contribution in [2.45, 2.75) is 6.92 Å². The van der Waals surface area contributed by atoms with Crippen LogP contribution in [0, 0.1) is 0 Å². The molecular formula is C12H11N3O3S. The highest BCUT2D eigenvalue weighted by atomic mass is 32.1. The minimum absolute atomic E-state index is 0.374. The van der Waals surface area contributed by atoms with Gasteiger partial charge in [-0.3, -0.25) is 5.32 Å². The highest BCUT2D eigenvalue weighted by Gasteiger charge is 2.09. The van der Waals surface area contributed by atoms with Gasteiger partial charge in [-0.05, 0) is 19.1 Å². The van der Waals surface area contributed by atoms with Crippen LogP contribution in [0.1, 0.15) is 12.6 Å². The van der Waals surface area contributed by atoms with Gasteiger partial charge >= 0.3 is 6.09 Å². The van der Waals surface area contributed by atoms with E-state index >= 15 is 0 Å². The summed E-state index contributed by atoms with van der Waals surface area (Å²) in [6, 6.07) is 8.72. The highest BCUT2D eigenvalue weighted by Crippen LogP contribution is 2.17. The summed E-state index contributed by atoms with van der Waals surface area (Å²) >= 11 is 1.22. The smallest absolute Gasteiger partial charge is 0.411 e. The molecule has 0 bridgehead atoms. The Bertz CT molecular complexity index is 595. The number of nitrogens with one attached hydrogen (secondary N) is 1. The molecule has 0 radical (unpaired) electrons. The topological polar surface area (TPSA) is 83.8 Å². The van der Waals surface area contributed by atoms with Crippen LogP contribution in [0.25, 0.3) is 0 Å². The zero-order valence-electron chi connectivity index (χ0n) is 10.0. The summed E-state index contributed by atoms with van der Waals surface area (Å²) in [5.74, 6) is 0.449. The van der Waals surface area contributed by atoms with Crippen molar-refractivity contribution in [3.63, 3.8) is 0 Å². The van der Waals surface area contributed by atoms with Crippen molar-refractivity contribution in [2.75, 3.05) is 5.32 Å². The van der Waals surface area contributed by atoms with Crippen LogP contribution in [0.4, 0.5) is 9.93 Å². The maximum Gasteiger partial charge on any atom is 0.418 e. The molecule has 7 heteroatoms. The Morgan fingerprint density at radius 1 is 1.42 bits per heavy atom. The molecule has 0 aliphatic rings. The first-order valence-corrected chi connectivity index (χ1v) is 6.25. The molecule has 1 aromatic carbocycles. The van der Waals surface area contributed by atoms with Gasteiger partial charge in [0.15, 0.2) is 5.13 Å². The summed E-state index contributed by atoms with van der Waals surface area (Å²) < 4.78 is 5.05. The van der Waals surface area contributed by atoms with Crippen molar-refractivity contribution < 1.29 is 14.7 Å². The number of thiazole rings is 1. The molecule has 19 heavy (non-hydrogen) atoms. The molecule has 0 fully saturated rings. The third kappa shape index (κ3) is 3.52. The first kappa shape index (κ1) is 13.0. The van der Waals surface area contributed by atoms with E-state index in [9.17, 15) is 4.79 Å². The van der Waals surface area contributed by atoms with Gasteiger partial charge in [0.2, 0.25) is 0 Å². The van der Waals surface area contributed by atoms with Gasteiger partial charge in [0.1, 0.15) is 17.2 Å². The van der Waals surface area contributed by atoms with Gasteiger partial charge in [0.25, 0.3) is 0 Å². The van der Waals surface area contributed by atoms with E-state index in [1.807, 2.05) is 6.07 Å². The lowest BCUT2D eigenvalue weighted by atomic mass is 10.3. The maximum absolute atomic E-state index is 11.6. The normalized spacial score (nSPS) is 11.1. The van der Waals surface area contributed by atoms with Crippen LogP contribution in [0.5, 0.6) is 5.75 Å². The van der Waals surface area contributed by atoms with E-state index in [4.69, 9.17) is 9.94 Å². The molecule has 1 heterocycles. The molecule has 2 aromatic rings. The molecular weight excluding hydrogens is 266 g/mol. The second-order valence-electron chi connectivity index (χ2n) is 3.55. The van der Waals surface area contributed by atoms with E-state index in [2.05, 4.69) is 15.5 Å². The molecule has 2 rings (SSSR count). The molecule has 0 unspecified atom stereocenters. The van der Waals surface area contributed by atoms with Crippen LogP contribution in [-0.4, -0.2) is 22.0 Å². The van der Waals surface area contributed by atoms with Gasteiger partial charge in [0.05, 0.1) is 0 Å². The van der Waals surface area contributed by atoms with Crippen LogP contribution in [0.15, 0.2) is 40.9 Å². The summed E-state index contributed by atoms with van der Waals surface area (Å²) in [5.41, 5.74) is 0.878. The molecule has 0 spiro atoms. The number of rotatable bonds is 3. The van der Waals surface area contributed by atoms with Crippen molar-refractivity contribution >= 4 is 28.3 Å². The van der Waals surface area contributed by atoms with Gasteiger partial charge in [-0.2, -0.15) is 0 Å². The van der Waals surface area contributed by atoms with Crippen molar-refractivity contribution in [3.05, 3.63) is 41.4 Å². The Morgan fingerprint density at radius 3 is 2.84 bits per heavy atom. The third-order valence-electron chi connectivity index (χ3n) is 2.19. The number of ether oxygens (including phenoxy) is 1. The van der Waals surface area contributed by atoms with Crippen LogP contribution < -0.4 is 10.1 Å². The minimum atomic E-state index is -0.620. The predicted molar refractivity (Wildman–Crippen MR) is 72.2 cm³/mol. The van der Waals surface area contributed by atoms with Crippen LogP contribution in [-0.2, 0) is 0 Å². The predicted octanol–water partition coefficient (Wildman–Crippen LogP) is 2.95. The van der Waals surface area contributed by atoms with E-state index in [0.717, 1.165) is 0 Å². The lowest BCUT2D eigenvalue weighted by Gasteiger charge is -2.03. The van der Waals surface area contributed by atoms with Gasteiger partial charge in [-0.1, -0.05) is 23.4 Å². The first-order valence-electron chi connectivity index (χ1n) is 5.37. The second kappa shape index (κ2) is 5.96. The Hall–Kier alpha value is -2.41. The summed E-state index contributed by atoms with van der Waals surface area (Å²) in [5, 5.41) is 16.2. The van der Waals surface area contributed by atoms with E-state index in [0.29, 0.717) is 22.3 Å². The fourth-order valence-corrected chi connectivity index (χ4v) is 2.00. The molecule has 1 aromatic heterocycles. The molecule has 6 nitrogen and oxygen atoms in total. The fourth-order valence-electron chi connectivity index (χ4n) is 1.26. The van der Waals surface area contributed by atoms with E-state index < -0.39 is 6.09 Å². The SMILES string of the molecule is CC(=NO)c1csc(NC(=O)Oc2ccccc2)n1. The Kier molecular flexibility index (Phi) is 4.09. The van der Waals surface area contributed by atoms with Gasteiger partial charge in [-0.15, -0.1) is 11.3 Å². The molecule has 0 saturated heterocycles. The number of para-hydroxylation sites is 1. The average Bonchev–Trinajstić information content (AvgIpc) is 2.87. The largest absolute Gasteiger partial charge is 0.418 e. The van der Waals surface area contributed by atoms with Crippen LogP contribution >= 0.6 is 11.3 Å². The third-order valence-corrected chi connectivity index (χ3v) is 2.95. The number of oxime groups is 1. The monoisotopic (exact) mass is 277 g/mol. The maximum atomic E-state index is 11.6. The summed E-state index contributed by atoms with van der Waals surface area (Å²) in [6.45, 7) is 1.61. The molecule has 0 aliphatic carbocycles. The van der Waals surface area contributed by atoms with Crippen molar-refractivity contribution in [3.8, 4) is 5.75 Å². The molecule has 98 valence electrons. The Labute approximate surface area is 113 Å². The number of anilines is 1. The minimum Gasteiger partial charge on any atom is -0.411 e. The Balaban J connectivity index is 1.98. The number of hydrogen-bond donors (Lipinski definition) is 2. The van der Waals surface area contributed by atoms with E-state index in [1.165, 1.54) is 11.3 Å². The van der Waals surface area contributed by atoms with Gasteiger partial charge < -0.3 is 9.94 Å². The lowest BCUT2D eigenvalue weighted by Crippen LogP contribution is -2.16. The number of hydrogen-bond acceptors (Lipinski definition) is 6. The van der Waals surface area contributed by atoms with E-state index in [-0.39, 0.29) is 0 Å². The summed E-state index contributed by atoms with van der Waals surface area (Å²) in [6.07, 6.45) is -0.620. The van der Waals surface area contributed by atoms with Crippen LogP contribution in [0.3, 0.4) is 0 Å². The number of amides is 1. The number of carbonyl (C=O) groups excluding carboxylic acids is 1. The summed E-state index contributed by atoms with van der Waals surface area (Å²) in [4.78, 5) is 15.7. The number of aromatic nitrogens is 1.